The third kappa shape index (κ3) is 4.84. The molecule has 0 spiro atoms. The Balaban J connectivity index is 1.56. The van der Waals surface area contributed by atoms with Crippen molar-refractivity contribution in [1.29, 1.82) is 5.41 Å². The molecule has 180 valence electrons. The number of rotatable bonds is 6. The molecular formula is C25H25ClN6O3. The zero-order valence-corrected chi connectivity index (χ0v) is 19.8. The standard InChI is InChI=1S/C25H25ClN6O3/c26-18-6-4-17(5-7-18)16-32-22(27)19(24(33)28-8-10-30-11-13-35-14-12-30)15-20-23(32)29-21-3-1-2-9-31(21)25(20)34/h1-7,9,15,27H,8,10-14,16H2,(H,28,33). The molecule has 1 aliphatic heterocycles. The smallest absolute Gasteiger partial charge is 0.267 e. The van der Waals surface area contributed by atoms with Crippen LogP contribution in [0.2, 0.25) is 5.02 Å². The van der Waals surface area contributed by atoms with E-state index in [0.717, 1.165) is 18.7 Å². The van der Waals surface area contributed by atoms with E-state index < -0.39 is 5.91 Å². The van der Waals surface area contributed by atoms with E-state index in [4.69, 9.17) is 21.7 Å². The first-order valence-corrected chi connectivity index (χ1v) is 11.8. The fourth-order valence-electron chi connectivity index (χ4n) is 4.23. The lowest BCUT2D eigenvalue weighted by Crippen LogP contribution is -2.42. The van der Waals surface area contributed by atoms with E-state index in [-0.39, 0.29) is 28.5 Å². The predicted molar refractivity (Wildman–Crippen MR) is 133 cm³/mol. The zero-order chi connectivity index (χ0) is 24.4. The number of carbonyl (C=O) groups excluding carboxylic acids is 1. The molecule has 0 unspecified atom stereocenters. The highest BCUT2D eigenvalue weighted by molar-refractivity contribution is 6.30. The van der Waals surface area contributed by atoms with E-state index in [1.807, 2.05) is 12.1 Å². The molecule has 1 amide bonds. The minimum atomic E-state index is -0.396. The highest BCUT2D eigenvalue weighted by atomic mass is 35.5. The van der Waals surface area contributed by atoms with Gasteiger partial charge in [-0.3, -0.25) is 24.3 Å². The second kappa shape index (κ2) is 9.99. The topological polar surface area (TPSA) is 105 Å². The van der Waals surface area contributed by atoms with Crippen LogP contribution in [0.4, 0.5) is 0 Å². The Kier molecular flexibility index (Phi) is 6.63. The molecule has 4 heterocycles. The van der Waals surface area contributed by atoms with Gasteiger partial charge in [0.05, 0.1) is 30.7 Å². The molecular weight excluding hydrogens is 468 g/mol. The number of carbonyl (C=O) groups is 1. The van der Waals surface area contributed by atoms with Gasteiger partial charge in [-0.1, -0.05) is 29.8 Å². The average Bonchev–Trinajstić information content (AvgIpc) is 2.88. The number of benzene rings is 1. The van der Waals surface area contributed by atoms with Crippen molar-refractivity contribution in [2.45, 2.75) is 6.54 Å². The number of amides is 1. The lowest BCUT2D eigenvalue weighted by molar-refractivity contribution is 0.0383. The van der Waals surface area contributed by atoms with Crippen molar-refractivity contribution in [2.75, 3.05) is 39.4 Å². The lowest BCUT2D eigenvalue weighted by Gasteiger charge is -2.26. The summed E-state index contributed by atoms with van der Waals surface area (Å²) >= 11 is 6.03. The number of pyridine rings is 2. The van der Waals surface area contributed by atoms with E-state index in [1.54, 1.807) is 41.1 Å². The molecule has 3 aromatic heterocycles. The van der Waals surface area contributed by atoms with Crippen LogP contribution in [0.3, 0.4) is 0 Å². The van der Waals surface area contributed by atoms with Crippen molar-refractivity contribution in [2.24, 2.45) is 0 Å². The number of ether oxygens (including phenoxy) is 1. The summed E-state index contributed by atoms with van der Waals surface area (Å²) in [5, 5.41) is 12.6. The van der Waals surface area contributed by atoms with Crippen molar-refractivity contribution in [3.05, 3.63) is 86.7 Å². The van der Waals surface area contributed by atoms with Gasteiger partial charge in [0.15, 0.2) is 0 Å². The molecule has 5 rings (SSSR count). The maximum atomic E-state index is 13.3. The minimum Gasteiger partial charge on any atom is -0.379 e. The highest BCUT2D eigenvalue weighted by Crippen LogP contribution is 2.14. The quantitative estimate of drug-likeness (QED) is 0.400. The van der Waals surface area contributed by atoms with Crippen LogP contribution < -0.4 is 16.4 Å². The van der Waals surface area contributed by atoms with Crippen LogP contribution in [0.1, 0.15) is 15.9 Å². The Labute approximate surface area is 206 Å². The molecule has 0 radical (unpaired) electrons. The Morgan fingerprint density at radius 2 is 1.91 bits per heavy atom. The fourth-order valence-corrected chi connectivity index (χ4v) is 4.36. The first-order valence-electron chi connectivity index (χ1n) is 11.4. The number of halogens is 1. The van der Waals surface area contributed by atoms with Crippen molar-refractivity contribution >= 4 is 34.2 Å². The fraction of sp³-hybridized carbons (Fsp3) is 0.280. The summed E-state index contributed by atoms with van der Waals surface area (Å²) in [7, 11) is 0. The first kappa shape index (κ1) is 23.2. The van der Waals surface area contributed by atoms with Gasteiger partial charge < -0.3 is 14.6 Å². The number of fused-ring (bicyclic) bond motifs is 2. The average molecular weight is 493 g/mol. The number of nitrogens with one attached hydrogen (secondary N) is 2. The molecule has 0 saturated carbocycles. The summed E-state index contributed by atoms with van der Waals surface area (Å²) in [5.74, 6) is -0.396. The third-order valence-electron chi connectivity index (χ3n) is 6.13. The number of morpholine rings is 1. The molecule has 9 nitrogen and oxygen atoms in total. The molecule has 10 heteroatoms. The second-order valence-corrected chi connectivity index (χ2v) is 8.85. The van der Waals surface area contributed by atoms with E-state index in [0.29, 0.717) is 42.6 Å². The molecule has 1 saturated heterocycles. The predicted octanol–water partition coefficient (Wildman–Crippen LogP) is 1.89. The van der Waals surface area contributed by atoms with Gasteiger partial charge in [-0.25, -0.2) is 4.98 Å². The molecule has 1 aliphatic rings. The van der Waals surface area contributed by atoms with Crippen molar-refractivity contribution in [3.63, 3.8) is 0 Å². The summed E-state index contributed by atoms with van der Waals surface area (Å²) in [5.41, 5.74) is 1.52. The van der Waals surface area contributed by atoms with E-state index in [9.17, 15) is 9.59 Å². The summed E-state index contributed by atoms with van der Waals surface area (Å²) in [4.78, 5) is 33.3. The number of aromatic nitrogens is 3. The van der Waals surface area contributed by atoms with Crippen LogP contribution in [0, 0.1) is 5.41 Å². The lowest BCUT2D eigenvalue weighted by atomic mass is 10.1. The normalized spacial score (nSPS) is 14.4. The maximum Gasteiger partial charge on any atom is 0.267 e. The van der Waals surface area contributed by atoms with Crippen LogP contribution in [-0.2, 0) is 11.3 Å². The van der Waals surface area contributed by atoms with Crippen LogP contribution in [0.5, 0.6) is 0 Å². The van der Waals surface area contributed by atoms with Crippen molar-refractivity contribution in [1.82, 2.24) is 24.2 Å². The van der Waals surface area contributed by atoms with E-state index in [2.05, 4.69) is 15.2 Å². The number of hydrogen-bond acceptors (Lipinski definition) is 6. The second-order valence-electron chi connectivity index (χ2n) is 8.41. The molecule has 0 atom stereocenters. The number of nitrogens with zero attached hydrogens (tertiary/aromatic N) is 4. The Bertz CT molecular complexity index is 1510. The number of hydrogen-bond donors (Lipinski definition) is 2. The van der Waals surface area contributed by atoms with Crippen molar-refractivity contribution in [3.8, 4) is 0 Å². The molecule has 35 heavy (non-hydrogen) atoms. The molecule has 4 aromatic rings. The van der Waals surface area contributed by atoms with Gasteiger partial charge in [-0.2, -0.15) is 0 Å². The molecule has 1 fully saturated rings. The Morgan fingerprint density at radius 1 is 1.14 bits per heavy atom. The van der Waals surface area contributed by atoms with Gasteiger partial charge >= 0.3 is 0 Å². The van der Waals surface area contributed by atoms with Gasteiger partial charge in [0, 0.05) is 37.4 Å². The zero-order valence-electron chi connectivity index (χ0n) is 19.0. The molecule has 0 bridgehead atoms. The van der Waals surface area contributed by atoms with Crippen LogP contribution in [-0.4, -0.2) is 64.2 Å². The van der Waals surface area contributed by atoms with Crippen LogP contribution >= 0.6 is 11.6 Å². The van der Waals surface area contributed by atoms with Gasteiger partial charge in [0.2, 0.25) is 0 Å². The summed E-state index contributed by atoms with van der Waals surface area (Å²) < 4.78 is 8.41. The van der Waals surface area contributed by atoms with Crippen LogP contribution in [0.25, 0.3) is 16.7 Å². The minimum absolute atomic E-state index is 0.0106. The van der Waals surface area contributed by atoms with Gasteiger partial charge in [-0.05, 0) is 35.9 Å². The highest BCUT2D eigenvalue weighted by Gasteiger charge is 2.18. The monoisotopic (exact) mass is 492 g/mol. The van der Waals surface area contributed by atoms with Gasteiger partial charge in [0.1, 0.15) is 16.8 Å². The van der Waals surface area contributed by atoms with E-state index >= 15 is 0 Å². The summed E-state index contributed by atoms with van der Waals surface area (Å²) in [6.07, 6.45) is 1.64. The largest absolute Gasteiger partial charge is 0.379 e. The maximum absolute atomic E-state index is 13.3. The Hall–Kier alpha value is -3.53. The SMILES string of the molecule is N=c1c(C(=O)NCCN2CCOCC2)cc2c(=O)n3ccccc3nc2n1Cc1ccc(Cl)cc1. The molecule has 0 aliphatic carbocycles. The van der Waals surface area contributed by atoms with Crippen LogP contribution in [0.15, 0.2) is 59.5 Å². The van der Waals surface area contributed by atoms with Gasteiger partial charge in [-0.15, -0.1) is 0 Å². The first-order chi connectivity index (χ1) is 17.0. The van der Waals surface area contributed by atoms with Crippen molar-refractivity contribution < 1.29 is 9.53 Å². The summed E-state index contributed by atoms with van der Waals surface area (Å²) in [6, 6.07) is 14.0. The Morgan fingerprint density at radius 3 is 2.69 bits per heavy atom. The van der Waals surface area contributed by atoms with Gasteiger partial charge in [0.25, 0.3) is 11.5 Å². The summed E-state index contributed by atoms with van der Waals surface area (Å²) in [6.45, 7) is 4.41. The molecule has 1 aromatic carbocycles. The van der Waals surface area contributed by atoms with E-state index in [1.165, 1.54) is 10.5 Å². The third-order valence-corrected chi connectivity index (χ3v) is 6.39. The molecule has 2 N–H and O–H groups in total.